The van der Waals surface area contributed by atoms with E-state index in [-0.39, 0.29) is 37.6 Å². The van der Waals surface area contributed by atoms with Crippen molar-refractivity contribution in [1.82, 2.24) is 0 Å². The van der Waals surface area contributed by atoms with E-state index in [9.17, 15) is 9.59 Å². The van der Waals surface area contributed by atoms with Crippen LogP contribution >= 0.6 is 0 Å². The van der Waals surface area contributed by atoms with Gasteiger partial charge in [0.05, 0.1) is 77.2 Å². The molecule has 0 saturated heterocycles. The minimum absolute atomic E-state index is 0.0406. The Labute approximate surface area is 285 Å². The van der Waals surface area contributed by atoms with Crippen LogP contribution in [0.15, 0.2) is 36.4 Å². The smallest absolute Gasteiger partial charge is 0.339 e. The van der Waals surface area contributed by atoms with Gasteiger partial charge >= 0.3 is 11.9 Å². The summed E-state index contributed by atoms with van der Waals surface area (Å²) in [5, 5.41) is 4.09. The number of hydrogen-bond acceptors (Lipinski definition) is 10. The second-order valence-corrected chi connectivity index (χ2v) is 11.4. The standard InChI is InChI=1S/C38H54O10/c1-5-7-13-31-33-27-29-11-9-10-12-30(29)28-34(33)32(14-8-6-2)36(38(40)48-26-24-46-22-20-44-18-16-42-4)35(31)37(39)47-25-23-45-21-19-43-17-15-41-3/h9-12,27-28H,5-8,13-26H2,1-4H3. The van der Waals surface area contributed by atoms with Crippen molar-refractivity contribution in [3.05, 3.63) is 58.7 Å². The van der Waals surface area contributed by atoms with Gasteiger partial charge in [-0.05, 0) is 70.5 Å². The summed E-state index contributed by atoms with van der Waals surface area (Å²) >= 11 is 0. The monoisotopic (exact) mass is 670 g/mol. The molecule has 0 aliphatic heterocycles. The molecule has 3 rings (SSSR count). The minimum Gasteiger partial charge on any atom is -0.460 e. The van der Waals surface area contributed by atoms with Gasteiger partial charge < -0.3 is 37.9 Å². The molecule has 0 fully saturated rings. The molecule has 0 spiro atoms. The van der Waals surface area contributed by atoms with Gasteiger partial charge in [-0.15, -0.1) is 0 Å². The number of esters is 2. The average Bonchev–Trinajstić information content (AvgIpc) is 3.10. The molecular weight excluding hydrogens is 616 g/mol. The summed E-state index contributed by atoms with van der Waals surface area (Å²) in [7, 11) is 3.24. The normalized spacial score (nSPS) is 11.4. The van der Waals surface area contributed by atoms with Gasteiger partial charge in [-0.1, -0.05) is 51.0 Å². The number of aryl methyl sites for hydroxylation is 2. The van der Waals surface area contributed by atoms with Crippen LogP contribution < -0.4 is 0 Å². The zero-order valence-electron chi connectivity index (χ0n) is 29.3. The highest BCUT2D eigenvalue weighted by Crippen LogP contribution is 2.37. The third-order valence-electron chi connectivity index (χ3n) is 7.89. The number of carbonyl (C=O) groups is 2. The number of benzene rings is 3. The van der Waals surface area contributed by atoms with E-state index in [1.807, 2.05) is 12.1 Å². The maximum absolute atomic E-state index is 14.0. The van der Waals surface area contributed by atoms with Crippen LogP contribution in [-0.2, 0) is 50.7 Å². The summed E-state index contributed by atoms with van der Waals surface area (Å²) in [6.07, 6.45) is 4.77. The molecule has 0 unspecified atom stereocenters. The topological polar surface area (TPSA) is 108 Å². The molecule has 10 nitrogen and oxygen atoms in total. The fourth-order valence-corrected chi connectivity index (χ4v) is 5.45. The molecule has 0 saturated carbocycles. The van der Waals surface area contributed by atoms with Crippen molar-refractivity contribution in [1.29, 1.82) is 0 Å². The third-order valence-corrected chi connectivity index (χ3v) is 7.89. The highest BCUT2D eigenvalue weighted by Gasteiger charge is 2.30. The zero-order chi connectivity index (χ0) is 34.4. The van der Waals surface area contributed by atoms with Crippen LogP contribution in [0.4, 0.5) is 0 Å². The predicted octanol–water partition coefficient (Wildman–Crippen LogP) is 6.35. The van der Waals surface area contributed by atoms with Gasteiger partial charge in [0, 0.05) is 14.2 Å². The average molecular weight is 671 g/mol. The fourth-order valence-electron chi connectivity index (χ4n) is 5.45. The molecule has 3 aromatic carbocycles. The first kappa shape index (κ1) is 39.3. The summed E-state index contributed by atoms with van der Waals surface area (Å²) in [5.74, 6) is -1.10. The van der Waals surface area contributed by atoms with Crippen LogP contribution in [0, 0.1) is 0 Å². The first-order chi connectivity index (χ1) is 23.6. The summed E-state index contributed by atoms with van der Waals surface area (Å²) in [5.41, 5.74) is 2.20. The van der Waals surface area contributed by atoms with Crippen LogP contribution in [0.3, 0.4) is 0 Å². The Kier molecular flexibility index (Phi) is 19.1. The fraction of sp³-hybridized carbons (Fsp3) is 0.579. The molecule has 0 aromatic heterocycles. The van der Waals surface area contributed by atoms with Gasteiger partial charge in [-0.2, -0.15) is 0 Å². The quantitative estimate of drug-likeness (QED) is 0.0545. The molecule has 0 bridgehead atoms. The second kappa shape index (κ2) is 23.3. The molecule has 10 heteroatoms. The Morgan fingerprint density at radius 1 is 0.521 bits per heavy atom. The number of hydrogen-bond donors (Lipinski definition) is 0. The van der Waals surface area contributed by atoms with Crippen molar-refractivity contribution in [2.24, 2.45) is 0 Å². The van der Waals surface area contributed by atoms with Gasteiger partial charge in [0.15, 0.2) is 0 Å². The van der Waals surface area contributed by atoms with E-state index in [0.717, 1.165) is 58.4 Å². The van der Waals surface area contributed by atoms with Gasteiger partial charge in [-0.25, -0.2) is 9.59 Å². The molecule has 0 amide bonds. The second-order valence-electron chi connectivity index (χ2n) is 11.4. The van der Waals surface area contributed by atoms with Crippen molar-refractivity contribution in [2.75, 3.05) is 93.5 Å². The molecule has 0 aliphatic carbocycles. The van der Waals surface area contributed by atoms with E-state index < -0.39 is 11.9 Å². The maximum atomic E-state index is 14.0. The summed E-state index contributed by atoms with van der Waals surface area (Å²) in [4.78, 5) is 28.1. The van der Waals surface area contributed by atoms with Crippen LogP contribution in [0.5, 0.6) is 0 Å². The van der Waals surface area contributed by atoms with Crippen LogP contribution in [-0.4, -0.2) is 105 Å². The highest BCUT2D eigenvalue weighted by molar-refractivity contribution is 6.13. The minimum atomic E-state index is -0.551. The molecule has 0 aliphatic rings. The van der Waals surface area contributed by atoms with E-state index >= 15 is 0 Å². The molecule has 266 valence electrons. The van der Waals surface area contributed by atoms with E-state index in [1.54, 1.807) is 14.2 Å². The van der Waals surface area contributed by atoms with Crippen LogP contribution in [0.2, 0.25) is 0 Å². The molecule has 48 heavy (non-hydrogen) atoms. The van der Waals surface area contributed by atoms with Crippen LogP contribution in [0.1, 0.15) is 71.4 Å². The van der Waals surface area contributed by atoms with E-state index in [2.05, 4.69) is 38.1 Å². The maximum Gasteiger partial charge on any atom is 0.339 e. The molecule has 0 radical (unpaired) electrons. The number of rotatable bonds is 26. The lowest BCUT2D eigenvalue weighted by Gasteiger charge is -2.22. The first-order valence-corrected chi connectivity index (χ1v) is 17.2. The van der Waals surface area contributed by atoms with Crippen molar-refractivity contribution < 1.29 is 47.5 Å². The largest absolute Gasteiger partial charge is 0.460 e. The molecular formula is C38H54O10. The van der Waals surface area contributed by atoms with Crippen LogP contribution in [0.25, 0.3) is 21.5 Å². The SMILES string of the molecule is CCCCc1c(C(=O)OCCOCCOCCOC)c(C(=O)OCCOCCOCCOC)c(CCCC)c2cc3ccccc3cc12. The van der Waals surface area contributed by atoms with Crippen molar-refractivity contribution in [2.45, 2.75) is 52.4 Å². The first-order valence-electron chi connectivity index (χ1n) is 17.2. The van der Waals surface area contributed by atoms with Crippen molar-refractivity contribution in [3.63, 3.8) is 0 Å². The number of fused-ring (bicyclic) bond motifs is 2. The van der Waals surface area contributed by atoms with Crippen molar-refractivity contribution >= 4 is 33.5 Å². The van der Waals surface area contributed by atoms with Gasteiger partial charge in [-0.3, -0.25) is 0 Å². The number of carbonyl (C=O) groups excluding carboxylic acids is 2. The lowest BCUT2D eigenvalue weighted by atomic mass is 9.84. The zero-order valence-corrected chi connectivity index (χ0v) is 29.3. The Hall–Kier alpha value is -3.12. The third kappa shape index (κ3) is 12.4. The van der Waals surface area contributed by atoms with E-state index in [0.29, 0.717) is 65.7 Å². The predicted molar refractivity (Wildman–Crippen MR) is 186 cm³/mol. The lowest BCUT2D eigenvalue weighted by Crippen LogP contribution is -2.22. The number of ether oxygens (including phenoxy) is 8. The lowest BCUT2D eigenvalue weighted by molar-refractivity contribution is 0.00416. The van der Waals surface area contributed by atoms with E-state index in [4.69, 9.17) is 37.9 Å². The van der Waals surface area contributed by atoms with E-state index in [1.165, 1.54) is 0 Å². The number of methoxy groups -OCH3 is 2. The summed E-state index contributed by atoms with van der Waals surface area (Å²) in [6.45, 7) is 8.28. The summed E-state index contributed by atoms with van der Waals surface area (Å²) in [6, 6.07) is 12.5. The summed E-state index contributed by atoms with van der Waals surface area (Å²) < 4.78 is 43.6. The van der Waals surface area contributed by atoms with Gasteiger partial charge in [0.2, 0.25) is 0 Å². The number of unbranched alkanes of at least 4 members (excludes halogenated alkanes) is 2. The Bertz CT molecular complexity index is 1290. The Morgan fingerprint density at radius 3 is 1.23 bits per heavy atom. The highest BCUT2D eigenvalue weighted by atomic mass is 16.6. The van der Waals surface area contributed by atoms with Crippen molar-refractivity contribution in [3.8, 4) is 0 Å². The van der Waals surface area contributed by atoms with Gasteiger partial charge in [0.1, 0.15) is 13.2 Å². The molecule has 0 N–H and O–H groups in total. The Balaban J connectivity index is 1.93. The Morgan fingerprint density at radius 2 is 0.875 bits per heavy atom. The molecule has 0 heterocycles. The molecule has 0 atom stereocenters. The molecule has 3 aromatic rings. The van der Waals surface area contributed by atoms with Gasteiger partial charge in [0.25, 0.3) is 0 Å².